The molecule has 0 spiro atoms. The number of aliphatic hydroxyl groups excluding tert-OH is 2. The van der Waals surface area contributed by atoms with Gasteiger partial charge in [-0.3, -0.25) is 4.79 Å². The van der Waals surface area contributed by atoms with Crippen LogP contribution in [0.15, 0.2) is 24.4 Å². The molecule has 0 bridgehead atoms. The van der Waals surface area contributed by atoms with Crippen molar-refractivity contribution in [2.75, 3.05) is 5.33 Å². The number of carbonyl (C=O) groups excluding carboxylic acids is 1. The Hall–Kier alpha value is -1.17. The molecule has 18 heavy (non-hydrogen) atoms. The van der Waals surface area contributed by atoms with Crippen molar-refractivity contribution in [3.63, 3.8) is 0 Å². The maximum absolute atomic E-state index is 10.8. The Labute approximate surface area is 113 Å². The van der Waals surface area contributed by atoms with Gasteiger partial charge in [0, 0.05) is 28.0 Å². The molecule has 0 aliphatic heterocycles. The molecule has 3 N–H and O–H groups in total. The normalized spacial score (nSPS) is 14.6. The van der Waals surface area contributed by atoms with Crippen molar-refractivity contribution in [3.05, 3.63) is 35.5 Å². The lowest BCUT2D eigenvalue weighted by molar-refractivity contribution is 0.0174. The highest BCUT2D eigenvalue weighted by molar-refractivity contribution is 9.09. The average molecular weight is 312 g/mol. The topological polar surface area (TPSA) is 73.3 Å². The number of H-pyrrole nitrogens is 1. The molecule has 2 rings (SSSR count). The Balaban J connectivity index is 2.32. The van der Waals surface area contributed by atoms with Crippen LogP contribution < -0.4 is 0 Å². The number of aromatic nitrogens is 1. The van der Waals surface area contributed by atoms with E-state index in [4.69, 9.17) is 0 Å². The van der Waals surface area contributed by atoms with Gasteiger partial charge in [0.1, 0.15) is 6.10 Å². The van der Waals surface area contributed by atoms with Crippen LogP contribution in [0.5, 0.6) is 0 Å². The zero-order valence-corrected chi connectivity index (χ0v) is 11.2. The Morgan fingerprint density at radius 1 is 1.39 bits per heavy atom. The van der Waals surface area contributed by atoms with Crippen molar-refractivity contribution in [2.45, 2.75) is 18.6 Å². The summed E-state index contributed by atoms with van der Waals surface area (Å²) < 4.78 is 0. The summed E-state index contributed by atoms with van der Waals surface area (Å²) in [6.45, 7) is 0. The molecular formula is C13H14BrNO3. The maximum Gasteiger partial charge on any atom is 0.152 e. The number of aliphatic hydroxyl groups is 2. The Morgan fingerprint density at radius 3 is 2.83 bits per heavy atom. The van der Waals surface area contributed by atoms with E-state index in [2.05, 4.69) is 20.9 Å². The summed E-state index contributed by atoms with van der Waals surface area (Å²) in [4.78, 5) is 13.8. The van der Waals surface area contributed by atoms with E-state index >= 15 is 0 Å². The molecule has 5 heteroatoms. The first-order valence-electron chi connectivity index (χ1n) is 5.65. The lowest BCUT2D eigenvalue weighted by atomic mass is 10.0. The van der Waals surface area contributed by atoms with Gasteiger partial charge in [0.05, 0.1) is 6.10 Å². The molecule has 0 saturated carbocycles. The van der Waals surface area contributed by atoms with Crippen LogP contribution in [0.3, 0.4) is 0 Å². The molecule has 1 aromatic carbocycles. The Kier molecular flexibility index (Phi) is 4.16. The number of aromatic amines is 1. The van der Waals surface area contributed by atoms with Gasteiger partial charge in [0.25, 0.3) is 0 Å². The van der Waals surface area contributed by atoms with Gasteiger partial charge >= 0.3 is 0 Å². The van der Waals surface area contributed by atoms with E-state index in [9.17, 15) is 15.0 Å². The number of hydrogen-bond acceptors (Lipinski definition) is 3. The van der Waals surface area contributed by atoms with Gasteiger partial charge < -0.3 is 15.2 Å². The second-order valence-electron chi connectivity index (χ2n) is 4.16. The first-order valence-corrected chi connectivity index (χ1v) is 6.78. The van der Waals surface area contributed by atoms with Crippen molar-refractivity contribution in [3.8, 4) is 0 Å². The molecule has 0 fully saturated rings. The number of halogens is 1. The van der Waals surface area contributed by atoms with Crippen LogP contribution in [0.25, 0.3) is 10.9 Å². The molecule has 0 aliphatic carbocycles. The van der Waals surface area contributed by atoms with E-state index in [0.717, 1.165) is 17.2 Å². The molecule has 2 unspecified atom stereocenters. The van der Waals surface area contributed by atoms with E-state index in [1.165, 1.54) is 0 Å². The lowest BCUT2D eigenvalue weighted by Crippen LogP contribution is -2.18. The molecule has 2 atom stereocenters. The SMILES string of the molecule is O=Cc1c[nH]c2cc(C(O)C(O)CCBr)ccc12. The van der Waals surface area contributed by atoms with Crippen LogP contribution in [0.1, 0.15) is 28.4 Å². The Morgan fingerprint density at radius 2 is 2.17 bits per heavy atom. The first-order chi connectivity index (χ1) is 8.67. The molecule has 0 aliphatic rings. The van der Waals surface area contributed by atoms with Crippen molar-refractivity contribution in [1.29, 1.82) is 0 Å². The van der Waals surface area contributed by atoms with E-state index in [1.807, 2.05) is 0 Å². The third-order valence-corrected chi connectivity index (χ3v) is 3.43. The molecule has 1 aromatic heterocycles. The quantitative estimate of drug-likeness (QED) is 0.585. The summed E-state index contributed by atoms with van der Waals surface area (Å²) in [6.07, 6.45) is 1.16. The highest BCUT2D eigenvalue weighted by atomic mass is 79.9. The van der Waals surface area contributed by atoms with Crippen LogP contribution in [0, 0.1) is 0 Å². The lowest BCUT2D eigenvalue weighted by Gasteiger charge is -2.17. The second-order valence-corrected chi connectivity index (χ2v) is 4.95. The predicted octanol–water partition coefficient (Wildman–Crippen LogP) is 2.16. The van der Waals surface area contributed by atoms with Crippen LogP contribution in [0.4, 0.5) is 0 Å². The third-order valence-electron chi connectivity index (χ3n) is 2.98. The smallest absolute Gasteiger partial charge is 0.152 e. The van der Waals surface area contributed by atoms with Crippen molar-refractivity contribution in [1.82, 2.24) is 4.98 Å². The van der Waals surface area contributed by atoms with E-state index in [0.29, 0.717) is 22.9 Å². The van der Waals surface area contributed by atoms with Crippen molar-refractivity contribution in [2.24, 2.45) is 0 Å². The molecule has 0 radical (unpaired) electrons. The molecule has 2 aromatic rings. The number of aldehydes is 1. The van der Waals surface area contributed by atoms with E-state index in [-0.39, 0.29) is 0 Å². The van der Waals surface area contributed by atoms with Gasteiger partial charge in [-0.2, -0.15) is 0 Å². The highest BCUT2D eigenvalue weighted by Gasteiger charge is 2.18. The first kappa shape index (κ1) is 13.3. The maximum atomic E-state index is 10.8. The second kappa shape index (κ2) is 5.65. The molecule has 96 valence electrons. The fourth-order valence-corrected chi connectivity index (χ4v) is 2.41. The molecule has 4 nitrogen and oxygen atoms in total. The number of alkyl halides is 1. The summed E-state index contributed by atoms with van der Waals surface area (Å²) in [7, 11) is 0. The van der Waals surface area contributed by atoms with Crippen LogP contribution in [0.2, 0.25) is 0 Å². The summed E-state index contributed by atoms with van der Waals surface area (Å²) in [5.41, 5.74) is 2.00. The fraction of sp³-hybridized carbons (Fsp3) is 0.308. The minimum Gasteiger partial charge on any atom is -0.390 e. The molecule has 0 saturated heterocycles. The van der Waals surface area contributed by atoms with Gasteiger partial charge in [-0.05, 0) is 18.1 Å². The predicted molar refractivity (Wildman–Crippen MR) is 73.1 cm³/mol. The monoisotopic (exact) mass is 311 g/mol. The molecular weight excluding hydrogens is 298 g/mol. The van der Waals surface area contributed by atoms with Gasteiger partial charge in [0.2, 0.25) is 0 Å². The van der Waals surface area contributed by atoms with Crippen LogP contribution in [-0.4, -0.2) is 32.9 Å². The number of hydrogen-bond donors (Lipinski definition) is 3. The number of benzene rings is 1. The van der Waals surface area contributed by atoms with Crippen LogP contribution in [-0.2, 0) is 0 Å². The van der Waals surface area contributed by atoms with Crippen molar-refractivity contribution < 1.29 is 15.0 Å². The van der Waals surface area contributed by atoms with Crippen molar-refractivity contribution >= 4 is 33.1 Å². The zero-order valence-electron chi connectivity index (χ0n) is 9.64. The van der Waals surface area contributed by atoms with Gasteiger partial charge in [-0.1, -0.05) is 28.1 Å². The van der Waals surface area contributed by atoms with Crippen LogP contribution >= 0.6 is 15.9 Å². The minimum atomic E-state index is -0.921. The number of fused-ring (bicyclic) bond motifs is 1. The standard InChI is InChI=1S/C13H14BrNO3/c14-4-3-12(17)13(18)8-1-2-10-9(7-16)6-15-11(10)5-8/h1-2,5-7,12-13,15,17-18H,3-4H2. The summed E-state index contributed by atoms with van der Waals surface area (Å²) in [6, 6.07) is 5.25. The Bertz CT molecular complexity index is 552. The number of rotatable bonds is 5. The van der Waals surface area contributed by atoms with Gasteiger partial charge in [-0.15, -0.1) is 0 Å². The number of nitrogens with one attached hydrogen (secondary N) is 1. The fourth-order valence-electron chi connectivity index (χ4n) is 1.94. The molecule has 1 heterocycles. The van der Waals surface area contributed by atoms with E-state index < -0.39 is 12.2 Å². The summed E-state index contributed by atoms with van der Waals surface area (Å²) >= 11 is 3.23. The summed E-state index contributed by atoms with van der Waals surface area (Å²) in [5, 5.41) is 21.2. The minimum absolute atomic E-state index is 0.476. The average Bonchev–Trinajstić information content (AvgIpc) is 2.80. The highest BCUT2D eigenvalue weighted by Crippen LogP contribution is 2.24. The zero-order chi connectivity index (χ0) is 13.1. The molecule has 0 amide bonds. The van der Waals surface area contributed by atoms with E-state index in [1.54, 1.807) is 24.4 Å². The third kappa shape index (κ3) is 2.48. The largest absolute Gasteiger partial charge is 0.390 e. The summed E-state index contributed by atoms with van der Waals surface area (Å²) in [5.74, 6) is 0. The van der Waals surface area contributed by atoms with Gasteiger partial charge in [-0.25, -0.2) is 0 Å². The van der Waals surface area contributed by atoms with Gasteiger partial charge in [0.15, 0.2) is 6.29 Å². The number of carbonyl (C=O) groups is 1.